The zero-order chi connectivity index (χ0) is 16.8. The van der Waals surface area contributed by atoms with Gasteiger partial charge in [0.05, 0.1) is 0 Å². The van der Waals surface area contributed by atoms with E-state index in [9.17, 15) is 4.79 Å². The number of benzene rings is 2. The van der Waals surface area contributed by atoms with Gasteiger partial charge in [0, 0.05) is 6.07 Å². The van der Waals surface area contributed by atoms with E-state index in [4.69, 9.17) is 14.0 Å². The van der Waals surface area contributed by atoms with Crippen molar-refractivity contribution < 1.29 is 18.8 Å². The van der Waals surface area contributed by atoms with Gasteiger partial charge in [0.1, 0.15) is 23.0 Å². The lowest BCUT2D eigenvalue weighted by Crippen LogP contribution is -2.20. The first-order chi connectivity index (χ1) is 11.7. The fourth-order valence-electron chi connectivity index (χ4n) is 1.98. The maximum atomic E-state index is 11.8. The SMILES string of the molecule is Cc1cc(NC(=O)COc2ccc(Oc3ccccc3)cc2)no1. The molecule has 2 aromatic carbocycles. The summed E-state index contributed by atoms with van der Waals surface area (Å²) < 4.78 is 16.0. The quantitative estimate of drug-likeness (QED) is 0.746. The Morgan fingerprint density at radius 3 is 2.38 bits per heavy atom. The maximum Gasteiger partial charge on any atom is 0.263 e. The molecule has 3 aromatic rings. The van der Waals surface area contributed by atoms with Crippen LogP contribution in [0.4, 0.5) is 5.82 Å². The highest BCUT2D eigenvalue weighted by molar-refractivity contribution is 5.90. The van der Waals surface area contributed by atoms with Gasteiger partial charge in [-0.15, -0.1) is 0 Å². The van der Waals surface area contributed by atoms with Crippen LogP contribution in [0.15, 0.2) is 65.2 Å². The van der Waals surface area contributed by atoms with E-state index in [1.165, 1.54) is 0 Å². The molecule has 24 heavy (non-hydrogen) atoms. The van der Waals surface area contributed by atoms with Crippen molar-refractivity contribution in [3.05, 3.63) is 66.4 Å². The minimum absolute atomic E-state index is 0.120. The molecule has 1 aromatic heterocycles. The number of hydrogen-bond acceptors (Lipinski definition) is 5. The molecule has 1 amide bonds. The van der Waals surface area contributed by atoms with Gasteiger partial charge in [-0.1, -0.05) is 23.4 Å². The Morgan fingerprint density at radius 2 is 1.71 bits per heavy atom. The van der Waals surface area contributed by atoms with E-state index in [2.05, 4.69) is 10.5 Å². The number of hydrogen-bond donors (Lipinski definition) is 1. The van der Waals surface area contributed by atoms with E-state index in [0.717, 1.165) is 5.75 Å². The van der Waals surface area contributed by atoms with Crippen molar-refractivity contribution in [1.82, 2.24) is 5.16 Å². The largest absolute Gasteiger partial charge is 0.484 e. The Hall–Kier alpha value is -3.28. The maximum absolute atomic E-state index is 11.8. The summed E-state index contributed by atoms with van der Waals surface area (Å²) in [5, 5.41) is 6.27. The highest BCUT2D eigenvalue weighted by atomic mass is 16.5. The van der Waals surface area contributed by atoms with Gasteiger partial charge < -0.3 is 19.3 Å². The summed E-state index contributed by atoms with van der Waals surface area (Å²) in [7, 11) is 0. The predicted molar refractivity (Wildman–Crippen MR) is 88.3 cm³/mol. The molecule has 0 saturated carbocycles. The second-order valence-electron chi connectivity index (χ2n) is 5.05. The van der Waals surface area contributed by atoms with Gasteiger partial charge in [0.2, 0.25) is 0 Å². The standard InChI is InChI=1S/C18H16N2O4/c1-13-11-17(20-24-13)19-18(21)12-22-14-7-9-16(10-8-14)23-15-5-3-2-4-6-15/h2-11H,12H2,1H3,(H,19,20,21). The predicted octanol–water partition coefficient (Wildman–Crippen LogP) is 3.79. The third-order valence-corrected chi connectivity index (χ3v) is 3.07. The third-order valence-electron chi connectivity index (χ3n) is 3.07. The number of rotatable bonds is 6. The Bertz CT molecular complexity index is 797. The summed E-state index contributed by atoms with van der Waals surface area (Å²) in [5.74, 6) is 2.70. The first-order valence-electron chi connectivity index (χ1n) is 7.38. The smallest absolute Gasteiger partial charge is 0.263 e. The van der Waals surface area contributed by atoms with Crippen molar-refractivity contribution in [2.75, 3.05) is 11.9 Å². The minimum Gasteiger partial charge on any atom is -0.484 e. The molecule has 0 radical (unpaired) electrons. The molecule has 6 nitrogen and oxygen atoms in total. The van der Waals surface area contributed by atoms with Crippen molar-refractivity contribution in [3.8, 4) is 17.2 Å². The van der Waals surface area contributed by atoms with Crippen LogP contribution in [-0.4, -0.2) is 17.7 Å². The van der Waals surface area contributed by atoms with Crippen LogP contribution >= 0.6 is 0 Å². The molecule has 0 aliphatic carbocycles. The molecule has 0 bridgehead atoms. The number of para-hydroxylation sites is 1. The molecule has 0 spiro atoms. The Kier molecular flexibility index (Phi) is 4.76. The van der Waals surface area contributed by atoms with Crippen molar-refractivity contribution in [1.29, 1.82) is 0 Å². The lowest BCUT2D eigenvalue weighted by Gasteiger charge is -2.08. The molecule has 0 unspecified atom stereocenters. The van der Waals surface area contributed by atoms with E-state index < -0.39 is 0 Å². The summed E-state index contributed by atoms with van der Waals surface area (Å²) in [4.78, 5) is 11.8. The highest BCUT2D eigenvalue weighted by Gasteiger charge is 2.07. The Labute approximate surface area is 139 Å². The molecule has 1 N–H and O–H groups in total. The van der Waals surface area contributed by atoms with Crippen molar-refractivity contribution in [2.45, 2.75) is 6.92 Å². The van der Waals surface area contributed by atoms with Crippen molar-refractivity contribution in [3.63, 3.8) is 0 Å². The molecular weight excluding hydrogens is 308 g/mol. The van der Waals surface area contributed by atoms with Gasteiger partial charge in [-0.3, -0.25) is 4.79 Å². The lowest BCUT2D eigenvalue weighted by atomic mass is 10.3. The second kappa shape index (κ2) is 7.32. The number of carbonyl (C=O) groups excluding carboxylic acids is 1. The summed E-state index contributed by atoms with van der Waals surface area (Å²) in [6.07, 6.45) is 0. The molecular formula is C18H16N2O4. The number of ether oxygens (including phenoxy) is 2. The molecule has 0 atom stereocenters. The Morgan fingerprint density at radius 1 is 1.04 bits per heavy atom. The van der Waals surface area contributed by atoms with Gasteiger partial charge in [-0.05, 0) is 43.3 Å². The number of nitrogens with one attached hydrogen (secondary N) is 1. The average Bonchev–Trinajstić information content (AvgIpc) is 3.00. The highest BCUT2D eigenvalue weighted by Crippen LogP contribution is 2.23. The third kappa shape index (κ3) is 4.36. The fraction of sp³-hybridized carbons (Fsp3) is 0.111. The summed E-state index contributed by atoms with van der Waals surface area (Å²) >= 11 is 0. The zero-order valence-electron chi connectivity index (χ0n) is 13.1. The number of aromatic nitrogens is 1. The van der Waals surface area contributed by atoms with E-state index in [-0.39, 0.29) is 12.5 Å². The van der Waals surface area contributed by atoms with Crippen LogP contribution in [0.1, 0.15) is 5.76 Å². The molecule has 0 aliphatic heterocycles. The first-order valence-corrected chi connectivity index (χ1v) is 7.38. The van der Waals surface area contributed by atoms with E-state index in [0.29, 0.717) is 23.1 Å². The van der Waals surface area contributed by atoms with Gasteiger partial charge in [-0.2, -0.15) is 0 Å². The van der Waals surface area contributed by atoms with Crippen molar-refractivity contribution in [2.24, 2.45) is 0 Å². The first kappa shape index (κ1) is 15.6. The van der Waals surface area contributed by atoms with Crippen LogP contribution in [0.2, 0.25) is 0 Å². The van der Waals surface area contributed by atoms with E-state index in [1.807, 2.05) is 30.3 Å². The van der Waals surface area contributed by atoms with E-state index in [1.54, 1.807) is 37.3 Å². The number of carbonyl (C=O) groups is 1. The number of anilines is 1. The van der Waals surface area contributed by atoms with Crippen LogP contribution in [0, 0.1) is 6.92 Å². The number of amides is 1. The van der Waals surface area contributed by atoms with Crippen LogP contribution < -0.4 is 14.8 Å². The lowest BCUT2D eigenvalue weighted by molar-refractivity contribution is -0.118. The second-order valence-corrected chi connectivity index (χ2v) is 5.05. The molecule has 1 heterocycles. The van der Waals surface area contributed by atoms with E-state index >= 15 is 0 Å². The van der Waals surface area contributed by atoms with Gasteiger partial charge in [-0.25, -0.2) is 0 Å². The molecule has 0 fully saturated rings. The normalized spacial score (nSPS) is 10.2. The molecule has 6 heteroatoms. The summed E-state index contributed by atoms with van der Waals surface area (Å²) in [6, 6.07) is 18.2. The van der Waals surface area contributed by atoms with Crippen LogP contribution in [0.3, 0.4) is 0 Å². The summed E-state index contributed by atoms with van der Waals surface area (Å²) in [5.41, 5.74) is 0. The van der Waals surface area contributed by atoms with Crippen LogP contribution in [0.5, 0.6) is 17.2 Å². The summed E-state index contributed by atoms with van der Waals surface area (Å²) in [6.45, 7) is 1.63. The molecule has 0 aliphatic rings. The molecule has 0 saturated heterocycles. The molecule has 122 valence electrons. The monoisotopic (exact) mass is 324 g/mol. The average molecular weight is 324 g/mol. The van der Waals surface area contributed by atoms with Gasteiger partial charge in [0.25, 0.3) is 5.91 Å². The number of nitrogens with zero attached hydrogens (tertiary/aromatic N) is 1. The Balaban J connectivity index is 1.50. The van der Waals surface area contributed by atoms with Crippen LogP contribution in [-0.2, 0) is 4.79 Å². The molecule has 3 rings (SSSR count). The van der Waals surface area contributed by atoms with Gasteiger partial charge in [0.15, 0.2) is 12.4 Å². The fourth-order valence-corrected chi connectivity index (χ4v) is 1.98. The van der Waals surface area contributed by atoms with Gasteiger partial charge >= 0.3 is 0 Å². The minimum atomic E-state index is -0.312. The zero-order valence-corrected chi connectivity index (χ0v) is 13.1. The topological polar surface area (TPSA) is 73.6 Å². The number of aryl methyl sites for hydroxylation is 1. The van der Waals surface area contributed by atoms with Crippen molar-refractivity contribution >= 4 is 11.7 Å². The van der Waals surface area contributed by atoms with Crippen LogP contribution in [0.25, 0.3) is 0 Å².